The van der Waals surface area contributed by atoms with Crippen LogP contribution in [0.4, 0.5) is 0 Å². The van der Waals surface area contributed by atoms with Gasteiger partial charge in [-0.15, -0.1) is 0 Å². The number of benzene rings is 1. The van der Waals surface area contributed by atoms with E-state index in [2.05, 4.69) is 31.4 Å². The van der Waals surface area contributed by atoms with Gasteiger partial charge in [0.25, 0.3) is 5.89 Å². The molecule has 4 nitrogen and oxygen atoms in total. The topological polar surface area (TPSA) is 51.0 Å². The van der Waals surface area contributed by atoms with Crippen LogP contribution in [0.1, 0.15) is 24.7 Å². The van der Waals surface area contributed by atoms with E-state index in [1.807, 2.05) is 18.2 Å². The third-order valence-corrected chi connectivity index (χ3v) is 3.90. The first-order valence-electron chi connectivity index (χ1n) is 5.76. The van der Waals surface area contributed by atoms with E-state index in [0.29, 0.717) is 10.9 Å². The van der Waals surface area contributed by atoms with Crippen molar-refractivity contribution in [2.75, 3.05) is 6.54 Å². The third-order valence-electron chi connectivity index (χ3n) is 2.97. The van der Waals surface area contributed by atoms with Crippen LogP contribution in [0.2, 0.25) is 5.02 Å². The molecular formula is C12H11BrClN3O. The van der Waals surface area contributed by atoms with Gasteiger partial charge in [-0.3, -0.25) is 0 Å². The van der Waals surface area contributed by atoms with Gasteiger partial charge in [-0.05, 0) is 53.5 Å². The maximum atomic E-state index is 5.98. The zero-order valence-electron chi connectivity index (χ0n) is 9.49. The predicted molar refractivity (Wildman–Crippen MR) is 72.4 cm³/mol. The maximum Gasteiger partial charge on any atom is 0.259 e. The Morgan fingerprint density at radius 3 is 3.11 bits per heavy atom. The monoisotopic (exact) mass is 327 g/mol. The molecule has 1 atom stereocenters. The Hall–Kier alpha value is -0.910. The largest absolute Gasteiger partial charge is 0.334 e. The summed E-state index contributed by atoms with van der Waals surface area (Å²) >= 11 is 9.44. The minimum absolute atomic E-state index is 0.209. The van der Waals surface area contributed by atoms with Crippen molar-refractivity contribution in [2.45, 2.75) is 18.9 Å². The molecule has 0 bridgehead atoms. The summed E-state index contributed by atoms with van der Waals surface area (Å²) in [4.78, 5) is 4.44. The molecule has 0 aliphatic carbocycles. The standard InChI is InChI=1S/C12H11BrClN3O/c13-9-4-3-7(14)6-8(9)12-16-11(17-18-12)10-2-1-5-15-10/h3-4,6,10,15H,1-2,5H2. The van der Waals surface area contributed by atoms with Crippen LogP contribution < -0.4 is 5.32 Å². The Balaban J connectivity index is 1.94. The van der Waals surface area contributed by atoms with Gasteiger partial charge in [0.2, 0.25) is 0 Å². The summed E-state index contributed by atoms with van der Waals surface area (Å²) in [6, 6.07) is 5.70. The first-order valence-corrected chi connectivity index (χ1v) is 6.93. The minimum Gasteiger partial charge on any atom is -0.334 e. The molecule has 94 valence electrons. The Morgan fingerprint density at radius 2 is 2.33 bits per heavy atom. The smallest absolute Gasteiger partial charge is 0.259 e. The predicted octanol–water partition coefficient (Wildman–Crippen LogP) is 3.58. The van der Waals surface area contributed by atoms with Gasteiger partial charge in [-0.1, -0.05) is 16.8 Å². The van der Waals surface area contributed by atoms with E-state index >= 15 is 0 Å². The van der Waals surface area contributed by atoms with Crippen LogP contribution in [0.15, 0.2) is 27.2 Å². The second-order valence-electron chi connectivity index (χ2n) is 4.23. The molecule has 1 aliphatic heterocycles. The van der Waals surface area contributed by atoms with Crippen molar-refractivity contribution in [1.29, 1.82) is 0 Å². The summed E-state index contributed by atoms with van der Waals surface area (Å²) < 4.78 is 6.20. The van der Waals surface area contributed by atoms with E-state index in [9.17, 15) is 0 Å². The van der Waals surface area contributed by atoms with Gasteiger partial charge < -0.3 is 9.84 Å². The molecule has 1 fully saturated rings. The molecule has 0 amide bonds. The lowest BCUT2D eigenvalue weighted by molar-refractivity contribution is 0.412. The third kappa shape index (κ3) is 2.30. The fourth-order valence-electron chi connectivity index (χ4n) is 2.05. The fraction of sp³-hybridized carbons (Fsp3) is 0.333. The number of nitrogens with one attached hydrogen (secondary N) is 1. The molecule has 2 aromatic rings. The van der Waals surface area contributed by atoms with Gasteiger partial charge in [0, 0.05) is 9.50 Å². The van der Waals surface area contributed by atoms with Crippen molar-refractivity contribution >= 4 is 27.5 Å². The Labute approximate surface area is 118 Å². The van der Waals surface area contributed by atoms with E-state index in [1.165, 1.54) is 0 Å². The van der Waals surface area contributed by atoms with Crippen LogP contribution >= 0.6 is 27.5 Å². The van der Waals surface area contributed by atoms with E-state index in [-0.39, 0.29) is 6.04 Å². The van der Waals surface area contributed by atoms with Crippen LogP contribution in [-0.4, -0.2) is 16.7 Å². The highest BCUT2D eigenvalue weighted by Gasteiger charge is 2.22. The van der Waals surface area contributed by atoms with Gasteiger partial charge in [-0.25, -0.2) is 0 Å². The van der Waals surface area contributed by atoms with Gasteiger partial charge >= 0.3 is 0 Å². The summed E-state index contributed by atoms with van der Waals surface area (Å²) in [6.45, 7) is 1.01. The molecule has 18 heavy (non-hydrogen) atoms. The summed E-state index contributed by atoms with van der Waals surface area (Å²) in [6.07, 6.45) is 2.20. The Bertz CT molecular complexity index is 566. The molecule has 1 aliphatic rings. The van der Waals surface area contributed by atoms with Crippen molar-refractivity contribution in [2.24, 2.45) is 0 Å². The molecule has 1 saturated heterocycles. The average Bonchev–Trinajstić information content (AvgIpc) is 3.00. The van der Waals surface area contributed by atoms with Crippen molar-refractivity contribution < 1.29 is 4.52 Å². The highest BCUT2D eigenvalue weighted by atomic mass is 79.9. The molecule has 0 radical (unpaired) electrons. The Kier molecular flexibility index (Phi) is 3.37. The van der Waals surface area contributed by atoms with Crippen molar-refractivity contribution in [3.05, 3.63) is 33.5 Å². The molecular weight excluding hydrogens is 318 g/mol. The molecule has 6 heteroatoms. The summed E-state index contributed by atoms with van der Waals surface area (Å²) in [7, 11) is 0. The molecule has 1 aromatic heterocycles. The molecule has 3 rings (SSSR count). The molecule has 0 saturated carbocycles. The molecule has 2 heterocycles. The molecule has 1 N–H and O–H groups in total. The second kappa shape index (κ2) is 4.99. The van der Waals surface area contributed by atoms with Gasteiger partial charge in [-0.2, -0.15) is 4.98 Å². The maximum absolute atomic E-state index is 5.98. The van der Waals surface area contributed by atoms with Gasteiger partial charge in [0.1, 0.15) is 0 Å². The normalized spacial score (nSPS) is 19.3. The van der Waals surface area contributed by atoms with E-state index in [1.54, 1.807) is 0 Å². The van der Waals surface area contributed by atoms with Gasteiger partial charge in [0.15, 0.2) is 5.82 Å². The van der Waals surface area contributed by atoms with Crippen LogP contribution in [0, 0.1) is 0 Å². The van der Waals surface area contributed by atoms with Crippen molar-refractivity contribution in [1.82, 2.24) is 15.5 Å². The summed E-state index contributed by atoms with van der Waals surface area (Å²) in [5.41, 5.74) is 0.819. The zero-order chi connectivity index (χ0) is 12.5. The SMILES string of the molecule is Clc1ccc(Br)c(-c2nc(C3CCCN3)no2)c1. The number of rotatable bonds is 2. The van der Waals surface area contributed by atoms with E-state index in [4.69, 9.17) is 16.1 Å². The summed E-state index contributed by atoms with van der Waals surface area (Å²) in [5, 5.41) is 8.02. The van der Waals surface area contributed by atoms with E-state index in [0.717, 1.165) is 35.2 Å². The molecule has 1 aromatic carbocycles. The molecule has 1 unspecified atom stereocenters. The van der Waals surface area contributed by atoms with Crippen molar-refractivity contribution in [3.8, 4) is 11.5 Å². The van der Waals surface area contributed by atoms with E-state index < -0.39 is 0 Å². The zero-order valence-corrected chi connectivity index (χ0v) is 11.8. The lowest BCUT2D eigenvalue weighted by Gasteiger charge is -2.02. The second-order valence-corrected chi connectivity index (χ2v) is 5.52. The first kappa shape index (κ1) is 12.1. The Morgan fingerprint density at radius 1 is 1.44 bits per heavy atom. The lowest BCUT2D eigenvalue weighted by Crippen LogP contribution is -2.14. The number of halogens is 2. The number of nitrogens with zero attached hydrogens (tertiary/aromatic N) is 2. The highest BCUT2D eigenvalue weighted by molar-refractivity contribution is 9.10. The highest BCUT2D eigenvalue weighted by Crippen LogP contribution is 2.31. The van der Waals surface area contributed by atoms with Gasteiger partial charge in [0.05, 0.1) is 11.6 Å². The summed E-state index contributed by atoms with van der Waals surface area (Å²) in [5.74, 6) is 1.21. The van der Waals surface area contributed by atoms with Crippen molar-refractivity contribution in [3.63, 3.8) is 0 Å². The van der Waals surface area contributed by atoms with Crippen LogP contribution in [0.5, 0.6) is 0 Å². The number of aromatic nitrogens is 2. The minimum atomic E-state index is 0.209. The number of hydrogen-bond donors (Lipinski definition) is 1. The van der Waals surface area contributed by atoms with Crippen LogP contribution in [-0.2, 0) is 0 Å². The average molecular weight is 329 g/mol. The fourth-order valence-corrected chi connectivity index (χ4v) is 2.64. The van der Waals surface area contributed by atoms with Crippen LogP contribution in [0.25, 0.3) is 11.5 Å². The molecule has 0 spiro atoms. The first-order chi connectivity index (χ1) is 8.74. The number of hydrogen-bond acceptors (Lipinski definition) is 4. The van der Waals surface area contributed by atoms with Crippen LogP contribution in [0.3, 0.4) is 0 Å². The quantitative estimate of drug-likeness (QED) is 0.915. The lowest BCUT2D eigenvalue weighted by atomic mass is 10.2.